The van der Waals surface area contributed by atoms with Crippen LogP contribution in [-0.2, 0) is 4.79 Å². The Bertz CT molecular complexity index is 974. The Morgan fingerprint density at radius 1 is 0.806 bits per heavy atom. The molecular formula is C25H28N3O3+. The van der Waals surface area contributed by atoms with Gasteiger partial charge in [-0.25, -0.2) is 0 Å². The molecule has 0 aliphatic heterocycles. The minimum atomic E-state index is -0.306. The van der Waals surface area contributed by atoms with Gasteiger partial charge in [0.15, 0.2) is 0 Å². The second kappa shape index (κ2) is 10.9. The van der Waals surface area contributed by atoms with Crippen LogP contribution in [0.15, 0.2) is 84.9 Å². The Balaban J connectivity index is 1.47. The standard InChI is InChI=1S/C25H27N3O3/c1-28(2)23(19-9-5-3-6-10-19)17-26-24(29)18-27-25(30)20-13-15-22(16-14-20)31-21-11-7-4-8-12-21/h3-16,23H,17-18H2,1-2H3,(H,26,29)(H,27,30)/p+1/t23-/m1/s1. The van der Waals surface area contributed by atoms with E-state index in [-0.39, 0.29) is 24.4 Å². The number of nitrogens with one attached hydrogen (secondary N) is 3. The largest absolute Gasteiger partial charge is 0.457 e. The maximum Gasteiger partial charge on any atom is 0.251 e. The number of carbonyl (C=O) groups excluding carboxylic acids is 2. The van der Waals surface area contributed by atoms with E-state index < -0.39 is 0 Å². The summed E-state index contributed by atoms with van der Waals surface area (Å²) in [6.45, 7) is 0.415. The van der Waals surface area contributed by atoms with Crippen molar-refractivity contribution in [2.75, 3.05) is 27.2 Å². The lowest BCUT2D eigenvalue weighted by Gasteiger charge is -2.22. The summed E-state index contributed by atoms with van der Waals surface area (Å²) in [5, 5.41) is 5.57. The van der Waals surface area contributed by atoms with Crippen molar-refractivity contribution >= 4 is 11.8 Å². The molecule has 3 aromatic rings. The summed E-state index contributed by atoms with van der Waals surface area (Å²) in [6.07, 6.45) is 0. The third-order valence-corrected chi connectivity index (χ3v) is 4.91. The fraction of sp³-hybridized carbons (Fsp3) is 0.200. The summed E-state index contributed by atoms with van der Waals surface area (Å²) in [5.74, 6) is 0.835. The Morgan fingerprint density at radius 2 is 1.39 bits per heavy atom. The molecule has 6 heteroatoms. The van der Waals surface area contributed by atoms with E-state index in [1.165, 1.54) is 4.90 Å². The molecule has 0 heterocycles. The topological polar surface area (TPSA) is 71.9 Å². The summed E-state index contributed by atoms with van der Waals surface area (Å²) in [5.41, 5.74) is 1.62. The number of rotatable bonds is 9. The number of para-hydroxylation sites is 1. The van der Waals surface area contributed by atoms with Crippen LogP contribution < -0.4 is 20.3 Å². The van der Waals surface area contributed by atoms with Gasteiger partial charge in [-0.2, -0.15) is 0 Å². The van der Waals surface area contributed by atoms with Crippen LogP contribution in [0.4, 0.5) is 0 Å². The van der Waals surface area contributed by atoms with Gasteiger partial charge < -0.3 is 20.3 Å². The molecule has 0 radical (unpaired) electrons. The van der Waals surface area contributed by atoms with Gasteiger partial charge in [0.05, 0.1) is 27.2 Å². The van der Waals surface area contributed by atoms with E-state index in [2.05, 4.69) is 36.9 Å². The van der Waals surface area contributed by atoms with Crippen LogP contribution in [0.3, 0.4) is 0 Å². The van der Waals surface area contributed by atoms with Gasteiger partial charge in [0.2, 0.25) is 5.91 Å². The maximum atomic E-state index is 12.4. The predicted molar refractivity (Wildman–Crippen MR) is 120 cm³/mol. The molecule has 160 valence electrons. The number of benzene rings is 3. The SMILES string of the molecule is C[NH+](C)[C@H](CNC(=O)CNC(=O)c1ccc(Oc2ccccc2)cc1)c1ccccc1. The summed E-state index contributed by atoms with van der Waals surface area (Å²) in [7, 11) is 4.10. The van der Waals surface area contributed by atoms with Crippen LogP contribution in [0.5, 0.6) is 11.5 Å². The van der Waals surface area contributed by atoms with Gasteiger partial charge in [-0.1, -0.05) is 48.5 Å². The zero-order valence-corrected chi connectivity index (χ0v) is 17.8. The minimum Gasteiger partial charge on any atom is -0.457 e. The molecule has 0 aromatic heterocycles. The lowest BCUT2D eigenvalue weighted by molar-refractivity contribution is -0.890. The first-order chi connectivity index (χ1) is 15.0. The van der Waals surface area contributed by atoms with Crippen molar-refractivity contribution in [1.82, 2.24) is 10.6 Å². The van der Waals surface area contributed by atoms with Crippen LogP contribution in [-0.4, -0.2) is 39.0 Å². The van der Waals surface area contributed by atoms with Crippen molar-refractivity contribution in [3.05, 3.63) is 96.1 Å². The molecule has 0 unspecified atom stereocenters. The van der Waals surface area contributed by atoms with E-state index in [1.807, 2.05) is 48.5 Å². The summed E-state index contributed by atoms with van der Waals surface area (Å²) < 4.78 is 5.72. The second-order valence-corrected chi connectivity index (χ2v) is 7.47. The zero-order valence-electron chi connectivity index (χ0n) is 17.8. The molecule has 2 amide bonds. The van der Waals surface area contributed by atoms with Crippen LogP contribution >= 0.6 is 0 Å². The number of carbonyl (C=O) groups is 2. The highest BCUT2D eigenvalue weighted by atomic mass is 16.5. The fourth-order valence-electron chi connectivity index (χ4n) is 3.18. The monoisotopic (exact) mass is 418 g/mol. The van der Waals surface area contributed by atoms with E-state index in [1.54, 1.807) is 24.3 Å². The molecule has 0 aliphatic rings. The molecule has 0 saturated carbocycles. The molecule has 0 saturated heterocycles. The third-order valence-electron chi connectivity index (χ3n) is 4.91. The highest BCUT2D eigenvalue weighted by Gasteiger charge is 2.18. The highest BCUT2D eigenvalue weighted by molar-refractivity contribution is 5.96. The smallest absolute Gasteiger partial charge is 0.251 e. The van der Waals surface area contributed by atoms with Crippen LogP contribution in [0.2, 0.25) is 0 Å². The Hall–Kier alpha value is -3.64. The molecule has 31 heavy (non-hydrogen) atoms. The van der Waals surface area contributed by atoms with Crippen molar-refractivity contribution in [3.8, 4) is 11.5 Å². The van der Waals surface area contributed by atoms with Gasteiger partial charge in [-0.3, -0.25) is 9.59 Å². The summed E-state index contributed by atoms with van der Waals surface area (Å²) >= 11 is 0. The highest BCUT2D eigenvalue weighted by Crippen LogP contribution is 2.21. The van der Waals surface area contributed by atoms with Gasteiger partial charge in [-0.05, 0) is 36.4 Å². The van der Waals surface area contributed by atoms with Gasteiger partial charge >= 0.3 is 0 Å². The normalized spacial score (nSPS) is 11.6. The van der Waals surface area contributed by atoms with Gasteiger partial charge in [0.25, 0.3) is 5.91 Å². The molecule has 3 rings (SSSR count). The van der Waals surface area contributed by atoms with Crippen molar-refractivity contribution in [3.63, 3.8) is 0 Å². The number of amides is 2. The Morgan fingerprint density at radius 3 is 2.00 bits per heavy atom. The number of likely N-dealkylation sites (N-methyl/N-ethyl adjacent to an activating group) is 1. The summed E-state index contributed by atoms with van der Waals surface area (Å²) in [6, 6.07) is 26.4. The lowest BCUT2D eigenvalue weighted by Crippen LogP contribution is -3.07. The third kappa shape index (κ3) is 6.69. The molecule has 0 spiro atoms. The van der Waals surface area contributed by atoms with Crippen molar-refractivity contribution in [2.45, 2.75) is 6.04 Å². The van der Waals surface area contributed by atoms with Crippen LogP contribution in [0.1, 0.15) is 22.0 Å². The average Bonchev–Trinajstić information content (AvgIpc) is 2.79. The van der Waals surface area contributed by atoms with Crippen molar-refractivity contribution in [2.24, 2.45) is 0 Å². The van der Waals surface area contributed by atoms with Crippen molar-refractivity contribution in [1.29, 1.82) is 0 Å². The molecule has 0 bridgehead atoms. The van der Waals surface area contributed by atoms with E-state index in [4.69, 9.17) is 4.74 Å². The molecular weight excluding hydrogens is 390 g/mol. The lowest BCUT2D eigenvalue weighted by atomic mass is 10.1. The zero-order chi connectivity index (χ0) is 22.1. The minimum absolute atomic E-state index is 0.0780. The molecule has 0 aliphatic carbocycles. The van der Waals surface area contributed by atoms with E-state index in [9.17, 15) is 9.59 Å². The summed E-state index contributed by atoms with van der Waals surface area (Å²) in [4.78, 5) is 25.8. The molecule has 0 fully saturated rings. The van der Waals surface area contributed by atoms with Crippen LogP contribution in [0, 0.1) is 0 Å². The first-order valence-corrected chi connectivity index (χ1v) is 10.3. The van der Waals surface area contributed by atoms with E-state index in [0.29, 0.717) is 17.9 Å². The Labute approximate surface area is 182 Å². The predicted octanol–water partition coefficient (Wildman–Crippen LogP) is 2.21. The number of hydrogen-bond donors (Lipinski definition) is 3. The van der Waals surface area contributed by atoms with E-state index in [0.717, 1.165) is 11.3 Å². The van der Waals surface area contributed by atoms with Crippen LogP contribution in [0.25, 0.3) is 0 Å². The molecule has 3 aromatic carbocycles. The number of ether oxygens (including phenoxy) is 1. The van der Waals surface area contributed by atoms with Crippen molar-refractivity contribution < 1.29 is 19.2 Å². The van der Waals surface area contributed by atoms with Gasteiger partial charge in [0, 0.05) is 11.1 Å². The Kier molecular flexibility index (Phi) is 7.79. The number of hydrogen-bond acceptors (Lipinski definition) is 3. The fourth-order valence-corrected chi connectivity index (χ4v) is 3.18. The van der Waals surface area contributed by atoms with Gasteiger partial charge in [0.1, 0.15) is 17.5 Å². The quantitative estimate of drug-likeness (QED) is 0.499. The van der Waals surface area contributed by atoms with E-state index >= 15 is 0 Å². The average molecular weight is 419 g/mol. The second-order valence-electron chi connectivity index (χ2n) is 7.47. The maximum absolute atomic E-state index is 12.4. The first-order valence-electron chi connectivity index (χ1n) is 10.3. The first kappa shape index (κ1) is 22.1. The molecule has 1 atom stereocenters. The molecule has 6 nitrogen and oxygen atoms in total. The van der Waals surface area contributed by atoms with Gasteiger partial charge in [-0.15, -0.1) is 0 Å². The molecule has 3 N–H and O–H groups in total. The number of quaternary nitrogens is 1.